The number of aryl methyl sites for hydroxylation is 1. The number of hydrogen-bond acceptors (Lipinski definition) is 4. The van der Waals surface area contributed by atoms with Gasteiger partial charge in [-0.3, -0.25) is 14.4 Å². The largest absolute Gasteiger partial charge is 0.494 e. The van der Waals surface area contributed by atoms with Crippen LogP contribution in [0, 0.1) is 5.82 Å². The lowest BCUT2D eigenvalue weighted by Gasteiger charge is -2.32. The first-order chi connectivity index (χ1) is 12.0. The number of likely N-dealkylation sites (tertiary alicyclic amines) is 1. The summed E-state index contributed by atoms with van der Waals surface area (Å²) in [5.74, 6) is -0.200. The number of halogens is 1. The van der Waals surface area contributed by atoms with E-state index in [4.69, 9.17) is 4.74 Å². The zero-order valence-electron chi connectivity index (χ0n) is 14.5. The van der Waals surface area contributed by atoms with Crippen LogP contribution in [0.5, 0.6) is 5.75 Å². The van der Waals surface area contributed by atoms with E-state index in [0.29, 0.717) is 12.2 Å². The highest BCUT2D eigenvalue weighted by Crippen LogP contribution is 2.20. The van der Waals surface area contributed by atoms with Crippen LogP contribution in [0.4, 0.5) is 4.39 Å². The van der Waals surface area contributed by atoms with Crippen LogP contribution in [-0.4, -0.2) is 46.8 Å². The summed E-state index contributed by atoms with van der Waals surface area (Å²) in [5.41, 5.74) is 1.37. The third-order valence-electron chi connectivity index (χ3n) is 4.49. The molecular weight excluding hydrogens is 323 g/mol. The Kier molecular flexibility index (Phi) is 5.33. The topological polar surface area (TPSA) is 59.4 Å². The normalized spacial score (nSPS) is 16.0. The van der Waals surface area contributed by atoms with E-state index in [9.17, 15) is 9.18 Å². The van der Waals surface area contributed by atoms with Crippen molar-refractivity contribution in [3.8, 4) is 5.75 Å². The maximum absolute atomic E-state index is 13.8. The second-order valence-electron chi connectivity index (χ2n) is 6.37. The molecule has 1 fully saturated rings. The number of ether oxygens (including phenoxy) is 1. The maximum Gasteiger partial charge on any atom is 0.271 e. The molecule has 1 aliphatic rings. The van der Waals surface area contributed by atoms with Gasteiger partial charge in [-0.25, -0.2) is 4.39 Å². The molecule has 7 heteroatoms. The molecule has 134 valence electrons. The fourth-order valence-corrected chi connectivity index (χ4v) is 3.10. The van der Waals surface area contributed by atoms with Crippen LogP contribution in [0.15, 0.2) is 30.5 Å². The number of nitrogens with one attached hydrogen (secondary N) is 1. The highest BCUT2D eigenvalue weighted by molar-refractivity contribution is 5.92. The first kappa shape index (κ1) is 17.4. The van der Waals surface area contributed by atoms with Crippen molar-refractivity contribution in [1.82, 2.24) is 20.0 Å². The molecular formula is C18H23FN4O2. The zero-order valence-corrected chi connectivity index (χ0v) is 14.5. The fourth-order valence-electron chi connectivity index (χ4n) is 3.10. The first-order valence-electron chi connectivity index (χ1n) is 8.40. The monoisotopic (exact) mass is 346 g/mol. The summed E-state index contributed by atoms with van der Waals surface area (Å²) in [7, 11) is 3.25. The summed E-state index contributed by atoms with van der Waals surface area (Å²) in [6.45, 7) is 2.42. The molecule has 0 bridgehead atoms. The molecule has 2 aromatic rings. The van der Waals surface area contributed by atoms with Crippen molar-refractivity contribution in [2.45, 2.75) is 25.4 Å². The number of nitrogens with zero attached hydrogens (tertiary/aromatic N) is 3. The van der Waals surface area contributed by atoms with Gasteiger partial charge in [0.25, 0.3) is 5.91 Å². The summed E-state index contributed by atoms with van der Waals surface area (Å²) in [5, 5.41) is 7.16. The van der Waals surface area contributed by atoms with Crippen LogP contribution in [0.25, 0.3) is 0 Å². The van der Waals surface area contributed by atoms with Crippen LogP contribution in [0.1, 0.15) is 28.9 Å². The predicted octanol–water partition coefficient (Wildman–Crippen LogP) is 1.96. The van der Waals surface area contributed by atoms with Crippen molar-refractivity contribution in [2.75, 3.05) is 20.2 Å². The lowest BCUT2D eigenvalue weighted by atomic mass is 10.0. The van der Waals surface area contributed by atoms with Crippen LogP contribution >= 0.6 is 0 Å². The molecule has 1 aromatic heterocycles. The number of piperidine rings is 1. The van der Waals surface area contributed by atoms with E-state index >= 15 is 0 Å². The van der Waals surface area contributed by atoms with E-state index in [2.05, 4.69) is 15.3 Å². The first-order valence-corrected chi connectivity index (χ1v) is 8.40. The predicted molar refractivity (Wildman–Crippen MR) is 91.9 cm³/mol. The average molecular weight is 346 g/mol. The van der Waals surface area contributed by atoms with Crippen molar-refractivity contribution >= 4 is 5.91 Å². The number of carbonyl (C=O) groups is 1. The van der Waals surface area contributed by atoms with Crippen molar-refractivity contribution in [1.29, 1.82) is 0 Å². The van der Waals surface area contributed by atoms with Gasteiger partial charge in [-0.2, -0.15) is 5.10 Å². The Labute approximate surface area is 146 Å². The van der Waals surface area contributed by atoms with Crippen LogP contribution in [0.3, 0.4) is 0 Å². The van der Waals surface area contributed by atoms with Crippen molar-refractivity contribution in [2.24, 2.45) is 7.05 Å². The van der Waals surface area contributed by atoms with E-state index < -0.39 is 0 Å². The number of methoxy groups -OCH3 is 1. The molecule has 0 saturated carbocycles. The lowest BCUT2D eigenvalue weighted by molar-refractivity contribution is 0.0903. The van der Waals surface area contributed by atoms with Gasteiger partial charge in [0.05, 0.1) is 7.11 Å². The van der Waals surface area contributed by atoms with Gasteiger partial charge in [-0.1, -0.05) is 6.07 Å². The molecule has 3 rings (SSSR count). The Balaban J connectivity index is 1.48. The van der Waals surface area contributed by atoms with E-state index in [1.807, 2.05) is 6.07 Å². The van der Waals surface area contributed by atoms with Gasteiger partial charge in [0.2, 0.25) is 0 Å². The van der Waals surface area contributed by atoms with Crippen LogP contribution in [-0.2, 0) is 13.6 Å². The smallest absolute Gasteiger partial charge is 0.271 e. The summed E-state index contributed by atoms with van der Waals surface area (Å²) in [4.78, 5) is 14.4. The number of amides is 1. The molecule has 0 unspecified atom stereocenters. The second kappa shape index (κ2) is 7.65. The molecule has 25 heavy (non-hydrogen) atoms. The van der Waals surface area contributed by atoms with E-state index in [1.54, 1.807) is 30.1 Å². The second-order valence-corrected chi connectivity index (χ2v) is 6.37. The Morgan fingerprint density at radius 2 is 2.12 bits per heavy atom. The molecule has 6 nitrogen and oxygen atoms in total. The minimum Gasteiger partial charge on any atom is -0.494 e. The quantitative estimate of drug-likeness (QED) is 0.899. The maximum atomic E-state index is 13.8. The van der Waals surface area contributed by atoms with E-state index in [1.165, 1.54) is 13.2 Å². The average Bonchev–Trinajstić information content (AvgIpc) is 3.03. The van der Waals surface area contributed by atoms with E-state index in [-0.39, 0.29) is 23.5 Å². The molecule has 0 radical (unpaired) electrons. The van der Waals surface area contributed by atoms with Gasteiger partial charge in [-0.05, 0) is 36.6 Å². The molecule has 0 spiro atoms. The Bertz CT molecular complexity index is 738. The number of benzene rings is 1. The minimum absolute atomic E-state index is 0.128. The summed E-state index contributed by atoms with van der Waals surface area (Å²) < 4.78 is 20.3. The summed E-state index contributed by atoms with van der Waals surface area (Å²) >= 11 is 0. The van der Waals surface area contributed by atoms with Gasteiger partial charge < -0.3 is 10.1 Å². The highest BCUT2D eigenvalue weighted by Gasteiger charge is 2.22. The van der Waals surface area contributed by atoms with Gasteiger partial charge in [-0.15, -0.1) is 0 Å². The third kappa shape index (κ3) is 4.36. The zero-order chi connectivity index (χ0) is 17.8. The number of carbonyl (C=O) groups excluding carboxylic acids is 1. The molecule has 0 aliphatic carbocycles. The third-order valence-corrected chi connectivity index (χ3v) is 4.49. The van der Waals surface area contributed by atoms with Crippen LogP contribution in [0.2, 0.25) is 0 Å². The molecule has 1 amide bonds. The van der Waals surface area contributed by atoms with Gasteiger partial charge in [0.15, 0.2) is 11.6 Å². The molecule has 1 saturated heterocycles. The molecule has 1 aliphatic heterocycles. The van der Waals surface area contributed by atoms with Crippen molar-refractivity contribution in [3.63, 3.8) is 0 Å². The van der Waals surface area contributed by atoms with Crippen LogP contribution < -0.4 is 10.1 Å². The SMILES string of the molecule is COc1ccc(CN2CCC(NC(=O)c3ccn(C)n3)CC2)cc1F. The van der Waals surface area contributed by atoms with Crippen molar-refractivity contribution < 1.29 is 13.9 Å². The van der Waals surface area contributed by atoms with Gasteiger partial charge in [0, 0.05) is 38.9 Å². The van der Waals surface area contributed by atoms with Crippen molar-refractivity contribution in [3.05, 3.63) is 47.5 Å². The fraction of sp³-hybridized carbons (Fsp3) is 0.444. The Morgan fingerprint density at radius 1 is 1.36 bits per heavy atom. The molecule has 1 N–H and O–H groups in total. The lowest BCUT2D eigenvalue weighted by Crippen LogP contribution is -2.44. The highest BCUT2D eigenvalue weighted by atomic mass is 19.1. The van der Waals surface area contributed by atoms with E-state index in [0.717, 1.165) is 31.5 Å². The van der Waals surface area contributed by atoms with Gasteiger partial charge in [0.1, 0.15) is 5.69 Å². The summed E-state index contributed by atoms with van der Waals surface area (Å²) in [6, 6.07) is 6.93. The molecule has 2 heterocycles. The number of hydrogen-bond donors (Lipinski definition) is 1. The number of rotatable bonds is 5. The number of aromatic nitrogens is 2. The molecule has 0 atom stereocenters. The Hall–Kier alpha value is -2.41. The van der Waals surface area contributed by atoms with Gasteiger partial charge >= 0.3 is 0 Å². The summed E-state index contributed by atoms with van der Waals surface area (Å²) in [6.07, 6.45) is 3.50. The molecule has 1 aromatic carbocycles. The standard InChI is InChI=1S/C18H23FN4O2/c1-22-8-7-16(21-22)18(24)20-14-5-9-23(10-6-14)12-13-3-4-17(25-2)15(19)11-13/h3-4,7-8,11,14H,5-6,9-10,12H2,1-2H3,(H,20,24). The minimum atomic E-state index is -0.336. The Morgan fingerprint density at radius 3 is 2.72 bits per heavy atom.